The molecule has 0 amide bonds. The molecule has 0 unspecified atom stereocenters. The Morgan fingerprint density at radius 1 is 1.62 bits per heavy atom. The molecular formula is C6H9NO. The van der Waals surface area contributed by atoms with Crippen LogP contribution in [-0.4, -0.2) is 12.2 Å². The number of rotatable bonds is 0. The molecule has 0 aromatic rings. The molecule has 0 spiro atoms. The van der Waals surface area contributed by atoms with E-state index in [2.05, 4.69) is 6.07 Å². The van der Waals surface area contributed by atoms with Crippen LogP contribution in [0.15, 0.2) is 0 Å². The van der Waals surface area contributed by atoms with Crippen molar-refractivity contribution >= 4 is 0 Å². The predicted octanol–water partition coefficient (Wildman–Crippen LogP) is 1.08. The molecule has 2 nitrogen and oxygen atoms in total. The summed E-state index contributed by atoms with van der Waals surface area (Å²) >= 11 is 0. The molecule has 1 heterocycles. The van der Waals surface area contributed by atoms with Gasteiger partial charge in [-0.3, -0.25) is 0 Å². The fourth-order valence-electron chi connectivity index (χ4n) is 0.898. The lowest BCUT2D eigenvalue weighted by molar-refractivity contribution is 0.0874. The van der Waals surface area contributed by atoms with Crippen LogP contribution in [0.4, 0.5) is 0 Å². The van der Waals surface area contributed by atoms with Crippen molar-refractivity contribution in [1.82, 2.24) is 0 Å². The molecule has 0 N–H and O–H groups in total. The van der Waals surface area contributed by atoms with E-state index in [1.165, 1.54) is 0 Å². The van der Waals surface area contributed by atoms with Crippen molar-refractivity contribution in [2.45, 2.75) is 32.0 Å². The monoisotopic (exact) mass is 111 g/mol. The third-order valence-corrected chi connectivity index (χ3v) is 1.38. The quantitative estimate of drug-likeness (QED) is 0.468. The Morgan fingerprint density at radius 2 is 2.38 bits per heavy atom. The summed E-state index contributed by atoms with van der Waals surface area (Å²) in [6, 6.07) is 2.07. The van der Waals surface area contributed by atoms with Crippen molar-refractivity contribution < 1.29 is 4.74 Å². The first-order valence-corrected chi connectivity index (χ1v) is 2.88. The SMILES string of the molecule is C[C@H]1CC[C@@H](C#N)O1. The lowest BCUT2D eigenvalue weighted by Gasteiger charge is -1.99. The molecule has 0 saturated carbocycles. The van der Waals surface area contributed by atoms with E-state index < -0.39 is 0 Å². The van der Waals surface area contributed by atoms with Crippen LogP contribution in [0.25, 0.3) is 0 Å². The van der Waals surface area contributed by atoms with Gasteiger partial charge in [-0.2, -0.15) is 5.26 Å². The van der Waals surface area contributed by atoms with Gasteiger partial charge in [0.05, 0.1) is 12.2 Å². The lowest BCUT2D eigenvalue weighted by atomic mass is 10.2. The summed E-state index contributed by atoms with van der Waals surface area (Å²) in [6.45, 7) is 2.00. The average molecular weight is 111 g/mol. The van der Waals surface area contributed by atoms with Gasteiger partial charge in [-0.1, -0.05) is 0 Å². The topological polar surface area (TPSA) is 33.0 Å². The Labute approximate surface area is 49.1 Å². The van der Waals surface area contributed by atoms with Crippen LogP contribution >= 0.6 is 0 Å². The molecule has 0 aromatic heterocycles. The zero-order valence-electron chi connectivity index (χ0n) is 4.92. The van der Waals surface area contributed by atoms with E-state index in [4.69, 9.17) is 10.00 Å². The van der Waals surface area contributed by atoms with Gasteiger partial charge in [0.1, 0.15) is 6.10 Å². The third-order valence-electron chi connectivity index (χ3n) is 1.38. The number of ether oxygens (including phenoxy) is 1. The summed E-state index contributed by atoms with van der Waals surface area (Å²) in [5.41, 5.74) is 0. The van der Waals surface area contributed by atoms with E-state index >= 15 is 0 Å². The molecule has 2 atom stereocenters. The summed E-state index contributed by atoms with van der Waals surface area (Å²) in [5.74, 6) is 0. The van der Waals surface area contributed by atoms with E-state index in [9.17, 15) is 0 Å². The van der Waals surface area contributed by atoms with E-state index in [-0.39, 0.29) is 6.10 Å². The van der Waals surface area contributed by atoms with Crippen LogP contribution in [0.1, 0.15) is 19.8 Å². The standard InChI is InChI=1S/C6H9NO/c1-5-2-3-6(4-7)8-5/h5-6H,2-3H2,1H3/t5-,6-/m0/s1. The molecule has 0 bridgehead atoms. The Hall–Kier alpha value is -0.550. The van der Waals surface area contributed by atoms with Gasteiger partial charge in [0, 0.05) is 0 Å². The van der Waals surface area contributed by atoms with E-state index in [1.54, 1.807) is 0 Å². The Morgan fingerprint density at radius 3 is 2.62 bits per heavy atom. The molecule has 2 heteroatoms. The highest BCUT2D eigenvalue weighted by Gasteiger charge is 2.20. The van der Waals surface area contributed by atoms with Gasteiger partial charge in [-0.25, -0.2) is 0 Å². The maximum Gasteiger partial charge on any atom is 0.144 e. The Balaban J connectivity index is 2.35. The van der Waals surface area contributed by atoms with Gasteiger partial charge in [0.2, 0.25) is 0 Å². The van der Waals surface area contributed by atoms with Gasteiger partial charge in [0.15, 0.2) is 0 Å². The third kappa shape index (κ3) is 0.988. The van der Waals surface area contributed by atoms with Crippen LogP contribution in [0.5, 0.6) is 0 Å². The highest BCUT2D eigenvalue weighted by atomic mass is 16.5. The second-order valence-corrected chi connectivity index (χ2v) is 2.14. The number of hydrogen-bond donors (Lipinski definition) is 0. The number of hydrogen-bond acceptors (Lipinski definition) is 2. The van der Waals surface area contributed by atoms with Crippen molar-refractivity contribution in [3.63, 3.8) is 0 Å². The van der Waals surface area contributed by atoms with Crippen molar-refractivity contribution in [2.75, 3.05) is 0 Å². The Kier molecular flexibility index (Phi) is 1.50. The first-order valence-electron chi connectivity index (χ1n) is 2.88. The van der Waals surface area contributed by atoms with Crippen LogP contribution < -0.4 is 0 Å². The molecule has 1 rings (SSSR count). The van der Waals surface area contributed by atoms with Crippen molar-refractivity contribution in [1.29, 1.82) is 5.26 Å². The van der Waals surface area contributed by atoms with Crippen LogP contribution in [0, 0.1) is 11.3 Å². The second kappa shape index (κ2) is 2.15. The highest BCUT2D eigenvalue weighted by Crippen LogP contribution is 2.17. The van der Waals surface area contributed by atoms with E-state index in [1.807, 2.05) is 6.92 Å². The fourth-order valence-corrected chi connectivity index (χ4v) is 0.898. The minimum Gasteiger partial charge on any atom is -0.360 e. The van der Waals surface area contributed by atoms with Crippen molar-refractivity contribution in [3.05, 3.63) is 0 Å². The minimum absolute atomic E-state index is 0.120. The van der Waals surface area contributed by atoms with E-state index in [0.29, 0.717) is 6.10 Å². The van der Waals surface area contributed by atoms with Gasteiger partial charge >= 0.3 is 0 Å². The predicted molar refractivity (Wildman–Crippen MR) is 29.2 cm³/mol. The summed E-state index contributed by atoms with van der Waals surface area (Å²) < 4.78 is 5.15. The molecule has 0 aliphatic carbocycles. The average Bonchev–Trinajstić information content (AvgIpc) is 2.14. The summed E-state index contributed by atoms with van der Waals surface area (Å²) in [7, 11) is 0. The molecule has 1 saturated heterocycles. The van der Waals surface area contributed by atoms with Gasteiger partial charge in [-0.05, 0) is 19.8 Å². The smallest absolute Gasteiger partial charge is 0.144 e. The molecule has 0 radical (unpaired) electrons. The fraction of sp³-hybridized carbons (Fsp3) is 0.833. The zero-order chi connectivity index (χ0) is 5.98. The van der Waals surface area contributed by atoms with Crippen LogP contribution in [0.2, 0.25) is 0 Å². The summed E-state index contributed by atoms with van der Waals surface area (Å²) in [4.78, 5) is 0. The first kappa shape index (κ1) is 5.58. The minimum atomic E-state index is -0.120. The summed E-state index contributed by atoms with van der Waals surface area (Å²) in [6.07, 6.45) is 2.14. The molecule has 1 aliphatic rings. The second-order valence-electron chi connectivity index (χ2n) is 2.14. The maximum atomic E-state index is 8.31. The molecule has 44 valence electrons. The largest absolute Gasteiger partial charge is 0.360 e. The molecular weight excluding hydrogens is 102 g/mol. The zero-order valence-corrected chi connectivity index (χ0v) is 4.92. The highest BCUT2D eigenvalue weighted by molar-refractivity contribution is 4.88. The van der Waals surface area contributed by atoms with Crippen LogP contribution in [-0.2, 0) is 4.74 Å². The maximum absolute atomic E-state index is 8.31. The lowest BCUT2D eigenvalue weighted by Crippen LogP contribution is -2.03. The molecule has 0 aromatic carbocycles. The molecule has 1 fully saturated rings. The number of nitriles is 1. The number of nitrogens with zero attached hydrogens (tertiary/aromatic N) is 1. The van der Waals surface area contributed by atoms with Crippen molar-refractivity contribution in [3.8, 4) is 6.07 Å². The van der Waals surface area contributed by atoms with Crippen molar-refractivity contribution in [2.24, 2.45) is 0 Å². The normalized spacial score (nSPS) is 37.0. The van der Waals surface area contributed by atoms with Gasteiger partial charge < -0.3 is 4.74 Å². The van der Waals surface area contributed by atoms with Gasteiger partial charge in [0.25, 0.3) is 0 Å². The summed E-state index contributed by atoms with van der Waals surface area (Å²) in [5, 5.41) is 8.31. The molecule has 8 heavy (non-hydrogen) atoms. The van der Waals surface area contributed by atoms with Gasteiger partial charge in [-0.15, -0.1) is 0 Å². The Bertz CT molecular complexity index is 116. The van der Waals surface area contributed by atoms with Crippen LogP contribution in [0.3, 0.4) is 0 Å². The first-order chi connectivity index (χ1) is 3.83. The van der Waals surface area contributed by atoms with E-state index in [0.717, 1.165) is 12.8 Å². The molecule has 1 aliphatic heterocycles.